The average Bonchev–Trinajstić information content (AvgIpc) is 3.01. The molecule has 0 aliphatic rings. The molecule has 0 fully saturated rings. The molecule has 0 saturated heterocycles. The van der Waals surface area contributed by atoms with Gasteiger partial charge in [0.2, 0.25) is 11.8 Å². The van der Waals surface area contributed by atoms with Crippen molar-refractivity contribution in [2.24, 2.45) is 11.7 Å². The van der Waals surface area contributed by atoms with Crippen molar-refractivity contribution in [3.05, 3.63) is 41.5 Å². The number of rotatable bonds is 10. The Morgan fingerprint density at radius 1 is 1.17 bits per heavy atom. The third-order valence-corrected chi connectivity index (χ3v) is 5.40. The molecule has 2 amide bonds. The van der Waals surface area contributed by atoms with Gasteiger partial charge in [-0.15, -0.1) is 10.2 Å². The molecule has 158 valence electrons. The standard InChI is InChI=1S/C20H28FN5O2S/c1-12(2)11-26-18(10-9-17(22)27)24-25-20(26)29-14(4)19(28)23-13(3)15-5-7-16(21)8-6-15/h5-8,12-14H,9-11H2,1-4H3,(H2,22,27)(H,23,28)/t13-,14+/m0/s1. The summed E-state index contributed by atoms with van der Waals surface area (Å²) in [4.78, 5) is 23.7. The molecule has 3 N–H and O–H groups in total. The number of primary amides is 1. The maximum atomic E-state index is 13.1. The van der Waals surface area contributed by atoms with Crippen LogP contribution in [0.2, 0.25) is 0 Å². The Kier molecular flexibility index (Phi) is 8.19. The van der Waals surface area contributed by atoms with Crippen LogP contribution in [0.25, 0.3) is 0 Å². The summed E-state index contributed by atoms with van der Waals surface area (Å²) in [6, 6.07) is 5.81. The van der Waals surface area contributed by atoms with Gasteiger partial charge in [0.25, 0.3) is 0 Å². The predicted molar refractivity (Wildman–Crippen MR) is 111 cm³/mol. The Bertz CT molecular complexity index is 838. The summed E-state index contributed by atoms with van der Waals surface area (Å²) >= 11 is 1.32. The Morgan fingerprint density at radius 3 is 2.41 bits per heavy atom. The molecule has 1 aromatic heterocycles. The number of nitrogens with two attached hydrogens (primary N) is 1. The molecule has 0 unspecified atom stereocenters. The van der Waals surface area contributed by atoms with E-state index in [-0.39, 0.29) is 30.1 Å². The topological polar surface area (TPSA) is 103 Å². The normalized spacial score (nSPS) is 13.3. The molecule has 0 aliphatic heterocycles. The van der Waals surface area contributed by atoms with Crippen LogP contribution in [-0.2, 0) is 22.6 Å². The van der Waals surface area contributed by atoms with E-state index in [2.05, 4.69) is 29.4 Å². The van der Waals surface area contributed by atoms with Gasteiger partial charge in [0.15, 0.2) is 5.16 Å². The zero-order valence-electron chi connectivity index (χ0n) is 17.2. The van der Waals surface area contributed by atoms with E-state index in [1.165, 1.54) is 23.9 Å². The fraction of sp³-hybridized carbons (Fsp3) is 0.500. The summed E-state index contributed by atoms with van der Waals surface area (Å²) < 4.78 is 15.0. The first-order chi connectivity index (χ1) is 13.7. The third-order valence-electron chi connectivity index (χ3n) is 4.32. The maximum absolute atomic E-state index is 13.1. The summed E-state index contributed by atoms with van der Waals surface area (Å²) in [5, 5.41) is 11.6. The first-order valence-corrected chi connectivity index (χ1v) is 10.5. The van der Waals surface area contributed by atoms with E-state index in [1.807, 2.05) is 11.5 Å². The number of nitrogens with zero attached hydrogens (tertiary/aromatic N) is 3. The first kappa shape index (κ1) is 22.9. The number of hydrogen-bond acceptors (Lipinski definition) is 5. The number of hydrogen-bond donors (Lipinski definition) is 2. The van der Waals surface area contributed by atoms with Gasteiger partial charge < -0.3 is 15.6 Å². The molecular weight excluding hydrogens is 393 g/mol. The molecule has 2 aromatic rings. The van der Waals surface area contributed by atoms with Gasteiger partial charge in [0, 0.05) is 19.4 Å². The van der Waals surface area contributed by atoms with Gasteiger partial charge in [-0.25, -0.2) is 4.39 Å². The molecule has 0 aliphatic carbocycles. The summed E-state index contributed by atoms with van der Waals surface area (Å²) in [5.41, 5.74) is 6.07. The van der Waals surface area contributed by atoms with Gasteiger partial charge in [0.1, 0.15) is 11.6 Å². The Hall–Kier alpha value is -2.42. The quantitative estimate of drug-likeness (QED) is 0.574. The maximum Gasteiger partial charge on any atom is 0.233 e. The van der Waals surface area contributed by atoms with E-state index >= 15 is 0 Å². The lowest BCUT2D eigenvalue weighted by Crippen LogP contribution is -2.33. The van der Waals surface area contributed by atoms with Crippen molar-refractivity contribution in [1.82, 2.24) is 20.1 Å². The van der Waals surface area contributed by atoms with Crippen LogP contribution >= 0.6 is 11.8 Å². The lowest BCUT2D eigenvalue weighted by molar-refractivity contribution is -0.121. The second kappa shape index (κ2) is 10.4. The number of carbonyl (C=O) groups is 2. The number of benzene rings is 1. The minimum atomic E-state index is -0.406. The average molecular weight is 422 g/mol. The molecule has 0 bridgehead atoms. The van der Waals surface area contributed by atoms with Crippen molar-refractivity contribution in [2.75, 3.05) is 0 Å². The molecule has 0 spiro atoms. The van der Waals surface area contributed by atoms with Gasteiger partial charge in [-0.3, -0.25) is 9.59 Å². The van der Waals surface area contributed by atoms with E-state index < -0.39 is 5.25 Å². The summed E-state index contributed by atoms with van der Waals surface area (Å²) in [6.07, 6.45) is 0.615. The molecule has 29 heavy (non-hydrogen) atoms. The van der Waals surface area contributed by atoms with Gasteiger partial charge in [0.05, 0.1) is 11.3 Å². The predicted octanol–water partition coefficient (Wildman–Crippen LogP) is 2.85. The van der Waals surface area contributed by atoms with Crippen LogP contribution in [0, 0.1) is 11.7 Å². The van der Waals surface area contributed by atoms with Crippen molar-refractivity contribution < 1.29 is 14.0 Å². The van der Waals surface area contributed by atoms with Gasteiger partial charge >= 0.3 is 0 Å². The van der Waals surface area contributed by atoms with Gasteiger partial charge in [-0.2, -0.15) is 0 Å². The van der Waals surface area contributed by atoms with Crippen LogP contribution in [0.3, 0.4) is 0 Å². The molecule has 2 rings (SSSR count). The minimum Gasteiger partial charge on any atom is -0.370 e. The zero-order chi connectivity index (χ0) is 21.6. The fourth-order valence-corrected chi connectivity index (χ4v) is 3.64. The summed E-state index contributed by atoms with van der Waals surface area (Å²) in [6.45, 7) is 8.49. The SMILES string of the molecule is CC(C)Cn1c(CCC(N)=O)nnc1S[C@H](C)C(=O)N[C@@H](C)c1ccc(F)cc1. The summed E-state index contributed by atoms with van der Waals surface area (Å²) in [7, 11) is 0. The third kappa shape index (κ3) is 6.85. The zero-order valence-corrected chi connectivity index (χ0v) is 18.0. The van der Waals surface area contributed by atoms with Crippen molar-refractivity contribution in [3.63, 3.8) is 0 Å². The molecule has 2 atom stereocenters. The van der Waals surface area contributed by atoms with Crippen molar-refractivity contribution >= 4 is 23.6 Å². The molecule has 9 heteroatoms. The van der Waals surface area contributed by atoms with Crippen LogP contribution in [0.4, 0.5) is 4.39 Å². The van der Waals surface area contributed by atoms with E-state index in [0.717, 1.165) is 5.56 Å². The highest BCUT2D eigenvalue weighted by Gasteiger charge is 2.22. The largest absolute Gasteiger partial charge is 0.370 e. The molecule has 7 nitrogen and oxygen atoms in total. The lowest BCUT2D eigenvalue weighted by atomic mass is 10.1. The number of halogens is 1. The number of carbonyl (C=O) groups excluding carboxylic acids is 2. The Balaban J connectivity index is 2.06. The lowest BCUT2D eigenvalue weighted by Gasteiger charge is -2.18. The molecular formula is C20H28FN5O2S. The van der Waals surface area contributed by atoms with Crippen molar-refractivity contribution in [2.45, 2.75) is 63.5 Å². The van der Waals surface area contributed by atoms with E-state index in [4.69, 9.17) is 5.73 Å². The van der Waals surface area contributed by atoms with Crippen LogP contribution in [-0.4, -0.2) is 31.8 Å². The molecule has 0 radical (unpaired) electrons. The molecule has 0 saturated carbocycles. The Morgan fingerprint density at radius 2 is 1.83 bits per heavy atom. The second-order valence-electron chi connectivity index (χ2n) is 7.41. The van der Waals surface area contributed by atoms with E-state index in [1.54, 1.807) is 19.1 Å². The monoisotopic (exact) mass is 421 g/mol. The van der Waals surface area contributed by atoms with Gasteiger partial charge in [-0.1, -0.05) is 37.7 Å². The van der Waals surface area contributed by atoms with Crippen LogP contribution in [0.5, 0.6) is 0 Å². The van der Waals surface area contributed by atoms with E-state index in [0.29, 0.717) is 29.9 Å². The number of aryl methyl sites for hydroxylation is 1. The number of thioether (sulfide) groups is 1. The fourth-order valence-electron chi connectivity index (χ4n) is 2.75. The first-order valence-electron chi connectivity index (χ1n) is 9.60. The number of aromatic nitrogens is 3. The van der Waals surface area contributed by atoms with Crippen molar-refractivity contribution in [3.8, 4) is 0 Å². The highest BCUT2D eigenvalue weighted by molar-refractivity contribution is 8.00. The number of nitrogens with one attached hydrogen (secondary N) is 1. The van der Waals surface area contributed by atoms with E-state index in [9.17, 15) is 14.0 Å². The number of amides is 2. The van der Waals surface area contributed by atoms with Crippen LogP contribution in [0.15, 0.2) is 29.4 Å². The Labute approximate surface area is 174 Å². The van der Waals surface area contributed by atoms with Crippen molar-refractivity contribution in [1.29, 1.82) is 0 Å². The smallest absolute Gasteiger partial charge is 0.233 e. The minimum absolute atomic E-state index is 0.149. The van der Waals surface area contributed by atoms with Crippen LogP contribution in [0.1, 0.15) is 51.5 Å². The molecule has 1 aromatic carbocycles. The van der Waals surface area contributed by atoms with Gasteiger partial charge in [-0.05, 0) is 37.5 Å². The van der Waals surface area contributed by atoms with Crippen LogP contribution < -0.4 is 11.1 Å². The highest BCUT2D eigenvalue weighted by atomic mass is 32.2. The second-order valence-corrected chi connectivity index (χ2v) is 8.72. The molecule has 1 heterocycles. The summed E-state index contributed by atoms with van der Waals surface area (Å²) in [5.74, 6) is 0.186. The highest BCUT2D eigenvalue weighted by Crippen LogP contribution is 2.25.